The van der Waals surface area contributed by atoms with Crippen LogP contribution in [0.25, 0.3) is 0 Å². The summed E-state index contributed by atoms with van der Waals surface area (Å²) in [7, 11) is -2.21. The Morgan fingerprint density at radius 3 is 2.55 bits per heavy atom. The van der Waals surface area contributed by atoms with Gasteiger partial charge in [-0.25, -0.2) is 13.1 Å². The zero-order chi connectivity index (χ0) is 15.2. The van der Waals surface area contributed by atoms with E-state index in [-0.39, 0.29) is 10.8 Å². The van der Waals surface area contributed by atoms with Crippen LogP contribution in [0.4, 0.5) is 5.69 Å². The molecule has 1 aromatic rings. The van der Waals surface area contributed by atoms with E-state index in [4.69, 9.17) is 0 Å². The van der Waals surface area contributed by atoms with Crippen LogP contribution < -0.4 is 15.4 Å². The molecule has 1 aromatic carbocycles. The SMILES string of the molecule is CCCNC(=O)C(C)Nc1ccccc1S(=O)(=O)NC. The van der Waals surface area contributed by atoms with E-state index in [0.717, 1.165) is 6.42 Å². The largest absolute Gasteiger partial charge is 0.373 e. The predicted octanol–water partition coefficient (Wildman–Crippen LogP) is 0.921. The topological polar surface area (TPSA) is 87.3 Å². The molecule has 0 aromatic heterocycles. The zero-order valence-electron chi connectivity index (χ0n) is 11.9. The summed E-state index contributed by atoms with van der Waals surface area (Å²) in [4.78, 5) is 11.9. The van der Waals surface area contributed by atoms with E-state index >= 15 is 0 Å². The van der Waals surface area contributed by atoms with Crippen LogP contribution in [-0.4, -0.2) is 34.0 Å². The summed E-state index contributed by atoms with van der Waals surface area (Å²) in [5, 5.41) is 5.69. The molecule has 0 aliphatic heterocycles. The number of amides is 1. The summed E-state index contributed by atoms with van der Waals surface area (Å²) in [6, 6.07) is 5.96. The van der Waals surface area contributed by atoms with Gasteiger partial charge in [-0.05, 0) is 32.5 Å². The molecule has 0 bridgehead atoms. The van der Waals surface area contributed by atoms with Gasteiger partial charge in [-0.3, -0.25) is 4.79 Å². The van der Waals surface area contributed by atoms with Crippen molar-refractivity contribution in [2.24, 2.45) is 0 Å². The Hall–Kier alpha value is -1.60. The maximum atomic E-state index is 11.9. The molecule has 1 unspecified atom stereocenters. The highest BCUT2D eigenvalue weighted by molar-refractivity contribution is 7.89. The summed E-state index contributed by atoms with van der Waals surface area (Å²) >= 11 is 0. The molecular weight excluding hydrogens is 278 g/mol. The van der Waals surface area contributed by atoms with Crippen molar-refractivity contribution < 1.29 is 13.2 Å². The molecule has 6 nitrogen and oxygen atoms in total. The minimum atomic E-state index is -3.56. The summed E-state index contributed by atoms with van der Waals surface area (Å²) in [6.07, 6.45) is 0.850. The zero-order valence-corrected chi connectivity index (χ0v) is 12.8. The van der Waals surface area contributed by atoms with Crippen LogP contribution >= 0.6 is 0 Å². The third-order valence-corrected chi connectivity index (χ3v) is 4.23. The van der Waals surface area contributed by atoms with E-state index < -0.39 is 16.1 Å². The molecule has 1 atom stereocenters. The summed E-state index contributed by atoms with van der Waals surface area (Å²) < 4.78 is 26.1. The second kappa shape index (κ2) is 7.25. The van der Waals surface area contributed by atoms with Crippen molar-refractivity contribution in [3.05, 3.63) is 24.3 Å². The van der Waals surface area contributed by atoms with Gasteiger partial charge in [0, 0.05) is 6.54 Å². The summed E-state index contributed by atoms with van der Waals surface area (Å²) in [6.45, 7) is 4.25. The quantitative estimate of drug-likeness (QED) is 0.699. The highest BCUT2D eigenvalue weighted by Gasteiger charge is 2.19. The van der Waals surface area contributed by atoms with Gasteiger partial charge in [0.2, 0.25) is 15.9 Å². The number of rotatable bonds is 7. The Bertz CT molecular complexity index is 558. The lowest BCUT2D eigenvalue weighted by Crippen LogP contribution is -2.38. The van der Waals surface area contributed by atoms with Gasteiger partial charge in [0.15, 0.2) is 0 Å². The second-order valence-electron chi connectivity index (χ2n) is 4.36. The molecule has 0 aliphatic carbocycles. The van der Waals surface area contributed by atoms with Crippen LogP contribution in [0.15, 0.2) is 29.2 Å². The van der Waals surface area contributed by atoms with Crippen molar-refractivity contribution in [2.45, 2.75) is 31.2 Å². The van der Waals surface area contributed by atoms with Gasteiger partial charge in [0.1, 0.15) is 10.9 Å². The van der Waals surface area contributed by atoms with E-state index in [1.165, 1.54) is 13.1 Å². The predicted molar refractivity (Wildman–Crippen MR) is 79.1 cm³/mol. The fourth-order valence-corrected chi connectivity index (χ4v) is 2.52. The monoisotopic (exact) mass is 299 g/mol. The first kappa shape index (κ1) is 16.5. The Morgan fingerprint density at radius 1 is 1.30 bits per heavy atom. The number of carbonyl (C=O) groups is 1. The molecule has 1 rings (SSSR count). The molecule has 0 heterocycles. The van der Waals surface area contributed by atoms with Crippen molar-refractivity contribution in [1.82, 2.24) is 10.0 Å². The second-order valence-corrected chi connectivity index (χ2v) is 6.22. The van der Waals surface area contributed by atoms with E-state index in [2.05, 4.69) is 15.4 Å². The standard InChI is InChI=1S/C13H21N3O3S/c1-4-9-15-13(17)10(2)16-11-7-5-6-8-12(11)20(18,19)14-3/h5-8,10,14,16H,4,9H2,1-3H3,(H,15,17). The molecule has 3 N–H and O–H groups in total. The number of hydrogen-bond donors (Lipinski definition) is 3. The van der Waals surface area contributed by atoms with Gasteiger partial charge in [0.25, 0.3) is 0 Å². The van der Waals surface area contributed by atoms with Crippen LogP contribution in [0.5, 0.6) is 0 Å². The van der Waals surface area contributed by atoms with Crippen molar-refractivity contribution in [3.63, 3.8) is 0 Å². The Labute approximate surface area is 120 Å². The van der Waals surface area contributed by atoms with Crippen molar-refractivity contribution in [2.75, 3.05) is 18.9 Å². The average molecular weight is 299 g/mol. The van der Waals surface area contributed by atoms with Gasteiger partial charge >= 0.3 is 0 Å². The minimum Gasteiger partial charge on any atom is -0.373 e. The number of sulfonamides is 1. The third kappa shape index (κ3) is 4.21. The van der Waals surface area contributed by atoms with Gasteiger partial charge in [0.05, 0.1) is 5.69 Å². The maximum absolute atomic E-state index is 11.9. The number of para-hydroxylation sites is 1. The fraction of sp³-hybridized carbons (Fsp3) is 0.462. The molecular formula is C13H21N3O3S. The molecule has 0 aliphatic rings. The first-order valence-electron chi connectivity index (χ1n) is 6.49. The molecule has 0 spiro atoms. The first-order chi connectivity index (χ1) is 9.42. The molecule has 0 radical (unpaired) electrons. The highest BCUT2D eigenvalue weighted by Crippen LogP contribution is 2.21. The first-order valence-corrected chi connectivity index (χ1v) is 7.97. The van der Waals surface area contributed by atoms with E-state index in [1.54, 1.807) is 25.1 Å². The lowest BCUT2D eigenvalue weighted by molar-refractivity contribution is -0.121. The van der Waals surface area contributed by atoms with Crippen LogP contribution in [0.3, 0.4) is 0 Å². The van der Waals surface area contributed by atoms with Gasteiger partial charge in [-0.1, -0.05) is 19.1 Å². The lowest BCUT2D eigenvalue weighted by Gasteiger charge is -2.17. The molecule has 20 heavy (non-hydrogen) atoms. The Balaban J connectivity index is 2.91. The van der Waals surface area contributed by atoms with Crippen LogP contribution in [-0.2, 0) is 14.8 Å². The van der Waals surface area contributed by atoms with Crippen LogP contribution in [0, 0.1) is 0 Å². The maximum Gasteiger partial charge on any atom is 0.242 e. The third-order valence-electron chi connectivity index (χ3n) is 2.76. The summed E-state index contributed by atoms with van der Waals surface area (Å²) in [5.74, 6) is -0.163. The summed E-state index contributed by atoms with van der Waals surface area (Å²) in [5.41, 5.74) is 0.404. The van der Waals surface area contributed by atoms with Crippen molar-refractivity contribution >= 4 is 21.6 Å². The number of benzene rings is 1. The number of hydrogen-bond acceptors (Lipinski definition) is 4. The number of anilines is 1. The normalized spacial score (nSPS) is 12.8. The van der Waals surface area contributed by atoms with Crippen molar-refractivity contribution in [3.8, 4) is 0 Å². The highest BCUT2D eigenvalue weighted by atomic mass is 32.2. The van der Waals surface area contributed by atoms with Gasteiger partial charge < -0.3 is 10.6 Å². The lowest BCUT2D eigenvalue weighted by atomic mass is 10.2. The number of nitrogens with one attached hydrogen (secondary N) is 3. The van der Waals surface area contributed by atoms with Gasteiger partial charge in [-0.2, -0.15) is 0 Å². The van der Waals surface area contributed by atoms with E-state index in [9.17, 15) is 13.2 Å². The molecule has 0 saturated carbocycles. The van der Waals surface area contributed by atoms with Crippen LogP contribution in [0.1, 0.15) is 20.3 Å². The Morgan fingerprint density at radius 2 is 1.95 bits per heavy atom. The van der Waals surface area contributed by atoms with Crippen molar-refractivity contribution in [1.29, 1.82) is 0 Å². The molecule has 7 heteroatoms. The molecule has 0 saturated heterocycles. The van der Waals surface area contributed by atoms with E-state index in [0.29, 0.717) is 12.2 Å². The molecule has 0 fully saturated rings. The van der Waals surface area contributed by atoms with Crippen LogP contribution in [0.2, 0.25) is 0 Å². The fourth-order valence-electron chi connectivity index (χ4n) is 1.63. The molecule has 112 valence electrons. The van der Waals surface area contributed by atoms with Gasteiger partial charge in [-0.15, -0.1) is 0 Å². The smallest absolute Gasteiger partial charge is 0.242 e. The Kier molecular flexibility index (Phi) is 5.97. The average Bonchev–Trinajstić information content (AvgIpc) is 2.45. The minimum absolute atomic E-state index is 0.123. The van der Waals surface area contributed by atoms with E-state index in [1.807, 2.05) is 6.92 Å². The molecule has 1 amide bonds. The number of carbonyl (C=O) groups excluding carboxylic acids is 1.